The number of rotatable bonds is 5. The van der Waals surface area contributed by atoms with E-state index in [0.29, 0.717) is 18.4 Å². The van der Waals surface area contributed by atoms with Gasteiger partial charge in [0.15, 0.2) is 0 Å². The molecule has 4 rings (SSSR count). The van der Waals surface area contributed by atoms with Crippen LogP contribution in [-0.4, -0.2) is 32.7 Å². The van der Waals surface area contributed by atoms with E-state index in [1.807, 2.05) is 0 Å². The molecule has 1 aliphatic heterocycles. The molecule has 0 aromatic heterocycles. The summed E-state index contributed by atoms with van der Waals surface area (Å²) in [6.07, 6.45) is 2.98. The number of hydrogen-bond donors (Lipinski definition) is 0. The summed E-state index contributed by atoms with van der Waals surface area (Å²) >= 11 is 6.21. The molecule has 9 heteroatoms. The number of hydrogen-bond acceptors (Lipinski definition) is 5. The Morgan fingerprint density at radius 1 is 1.03 bits per heavy atom. The molecular weight excluding hydrogens is 422 g/mol. The zero-order valence-electron chi connectivity index (χ0n) is 16.6. The first-order valence-corrected chi connectivity index (χ1v) is 10.4. The van der Waals surface area contributed by atoms with E-state index in [1.165, 1.54) is 30.3 Å². The SMILES string of the molecule is O=C(c1ccccc1Cl)N(Cc1ccc([N+](=O)[O-])cc1)N1C(=O)[C@@H]2CCCC[C@H]2C1=O. The number of carbonyl (C=O) groups is 3. The van der Waals surface area contributed by atoms with Crippen molar-refractivity contribution >= 4 is 35.0 Å². The van der Waals surface area contributed by atoms with Gasteiger partial charge in [-0.2, -0.15) is 5.01 Å². The number of non-ortho nitro benzene ring substituents is 1. The smallest absolute Gasteiger partial charge is 0.272 e. The maximum Gasteiger partial charge on any atom is 0.274 e. The Hall–Kier alpha value is -3.26. The van der Waals surface area contributed by atoms with Crippen molar-refractivity contribution in [3.05, 3.63) is 74.8 Å². The summed E-state index contributed by atoms with van der Waals surface area (Å²) in [5, 5.41) is 13.2. The summed E-state index contributed by atoms with van der Waals surface area (Å²) < 4.78 is 0. The van der Waals surface area contributed by atoms with Gasteiger partial charge in [-0.1, -0.05) is 48.7 Å². The second-order valence-corrected chi connectivity index (χ2v) is 8.16. The van der Waals surface area contributed by atoms with E-state index in [-0.39, 0.29) is 34.6 Å². The number of fused-ring (bicyclic) bond motifs is 1. The fourth-order valence-electron chi connectivity index (χ4n) is 4.29. The molecule has 0 N–H and O–H groups in total. The highest BCUT2D eigenvalue weighted by Crippen LogP contribution is 2.39. The minimum absolute atomic E-state index is 0.0907. The van der Waals surface area contributed by atoms with E-state index in [9.17, 15) is 24.5 Å². The zero-order chi connectivity index (χ0) is 22.1. The van der Waals surface area contributed by atoms with Crippen LogP contribution in [0.5, 0.6) is 0 Å². The first-order chi connectivity index (χ1) is 14.9. The number of carbonyl (C=O) groups excluding carboxylic acids is 3. The van der Waals surface area contributed by atoms with E-state index < -0.39 is 22.7 Å². The molecular formula is C22H20ClN3O5. The second kappa shape index (κ2) is 8.47. The summed E-state index contributed by atoms with van der Waals surface area (Å²) in [6, 6.07) is 12.1. The Morgan fingerprint density at radius 3 is 2.16 bits per heavy atom. The lowest BCUT2D eigenvalue weighted by Crippen LogP contribution is -2.49. The average molecular weight is 442 g/mol. The maximum atomic E-state index is 13.4. The third-order valence-electron chi connectivity index (χ3n) is 5.88. The minimum atomic E-state index is -0.579. The number of hydrazine groups is 1. The van der Waals surface area contributed by atoms with Crippen LogP contribution in [0.4, 0.5) is 5.69 Å². The van der Waals surface area contributed by atoms with Crippen LogP contribution in [0, 0.1) is 22.0 Å². The number of nitro benzene ring substituents is 1. The van der Waals surface area contributed by atoms with Crippen molar-refractivity contribution in [3.8, 4) is 0 Å². The molecule has 1 heterocycles. The molecule has 0 radical (unpaired) electrons. The van der Waals surface area contributed by atoms with Gasteiger partial charge in [0.2, 0.25) is 0 Å². The van der Waals surface area contributed by atoms with Gasteiger partial charge in [-0.25, -0.2) is 5.01 Å². The summed E-state index contributed by atoms with van der Waals surface area (Å²) in [5.41, 5.74) is 0.620. The summed E-state index contributed by atoms with van der Waals surface area (Å²) in [6.45, 7) is -0.0982. The van der Waals surface area contributed by atoms with Gasteiger partial charge in [0, 0.05) is 12.1 Å². The lowest BCUT2D eigenvalue weighted by atomic mass is 9.81. The second-order valence-electron chi connectivity index (χ2n) is 7.75. The van der Waals surface area contributed by atoms with Crippen LogP contribution in [0.1, 0.15) is 41.6 Å². The van der Waals surface area contributed by atoms with Gasteiger partial charge in [-0.15, -0.1) is 0 Å². The van der Waals surface area contributed by atoms with Gasteiger partial charge < -0.3 is 0 Å². The first kappa shape index (κ1) is 21.0. The molecule has 0 unspecified atom stereocenters. The van der Waals surface area contributed by atoms with Crippen LogP contribution in [0.15, 0.2) is 48.5 Å². The van der Waals surface area contributed by atoms with Crippen molar-refractivity contribution in [2.24, 2.45) is 11.8 Å². The van der Waals surface area contributed by atoms with Crippen molar-refractivity contribution in [2.45, 2.75) is 32.2 Å². The Morgan fingerprint density at radius 2 is 1.61 bits per heavy atom. The Labute approximate surface area is 183 Å². The highest BCUT2D eigenvalue weighted by atomic mass is 35.5. The third-order valence-corrected chi connectivity index (χ3v) is 6.21. The average Bonchev–Trinajstić information content (AvgIpc) is 3.03. The van der Waals surface area contributed by atoms with Crippen molar-refractivity contribution < 1.29 is 19.3 Å². The molecule has 0 spiro atoms. The van der Waals surface area contributed by atoms with E-state index >= 15 is 0 Å². The number of halogens is 1. The van der Waals surface area contributed by atoms with Crippen molar-refractivity contribution in [1.29, 1.82) is 0 Å². The standard InChI is InChI=1S/C22H20ClN3O5/c23-19-8-4-3-7-18(19)20(27)24(13-14-9-11-15(12-10-14)26(30)31)25-21(28)16-5-1-2-6-17(16)22(25)29/h3-4,7-12,16-17H,1-2,5-6,13H2/t16-,17-/m1/s1. The molecule has 8 nitrogen and oxygen atoms in total. The number of nitro groups is 1. The van der Waals surface area contributed by atoms with Crippen molar-refractivity contribution in [2.75, 3.05) is 0 Å². The predicted molar refractivity (Wildman–Crippen MR) is 112 cm³/mol. The largest absolute Gasteiger partial charge is 0.274 e. The van der Waals surface area contributed by atoms with Gasteiger partial charge in [-0.05, 0) is 30.5 Å². The normalized spacial score (nSPS) is 20.5. The quantitative estimate of drug-likeness (QED) is 0.397. The molecule has 0 bridgehead atoms. The van der Waals surface area contributed by atoms with Crippen LogP contribution >= 0.6 is 11.6 Å². The molecule has 1 aliphatic carbocycles. The number of nitrogens with zero attached hydrogens (tertiary/aromatic N) is 3. The maximum absolute atomic E-state index is 13.4. The van der Waals surface area contributed by atoms with Crippen LogP contribution in [-0.2, 0) is 16.1 Å². The highest BCUT2D eigenvalue weighted by Gasteiger charge is 2.51. The highest BCUT2D eigenvalue weighted by molar-refractivity contribution is 6.33. The molecule has 2 atom stereocenters. The van der Waals surface area contributed by atoms with Gasteiger partial charge in [0.25, 0.3) is 23.4 Å². The number of benzene rings is 2. The molecule has 31 heavy (non-hydrogen) atoms. The van der Waals surface area contributed by atoms with Crippen molar-refractivity contribution in [3.63, 3.8) is 0 Å². The summed E-state index contributed by atoms with van der Waals surface area (Å²) in [4.78, 5) is 50.1. The van der Waals surface area contributed by atoms with Crippen molar-refractivity contribution in [1.82, 2.24) is 10.0 Å². The lowest BCUT2D eigenvalue weighted by molar-refractivity contribution is -0.384. The van der Waals surface area contributed by atoms with Gasteiger partial charge >= 0.3 is 0 Å². The molecule has 160 valence electrons. The number of amides is 3. The molecule has 2 aromatic rings. The molecule has 2 aromatic carbocycles. The fourth-order valence-corrected chi connectivity index (χ4v) is 4.50. The van der Waals surface area contributed by atoms with Crippen LogP contribution in [0.3, 0.4) is 0 Å². The van der Waals surface area contributed by atoms with Crippen LogP contribution < -0.4 is 0 Å². The fraction of sp³-hybridized carbons (Fsp3) is 0.318. The molecule has 2 aliphatic rings. The van der Waals surface area contributed by atoms with Crippen LogP contribution in [0.2, 0.25) is 5.02 Å². The Bertz CT molecular complexity index is 1030. The molecule has 1 saturated heterocycles. The van der Waals surface area contributed by atoms with E-state index in [0.717, 1.165) is 22.9 Å². The van der Waals surface area contributed by atoms with E-state index in [4.69, 9.17) is 11.6 Å². The topological polar surface area (TPSA) is 101 Å². The monoisotopic (exact) mass is 441 g/mol. The van der Waals surface area contributed by atoms with Gasteiger partial charge in [-0.3, -0.25) is 24.5 Å². The minimum Gasteiger partial charge on any atom is -0.272 e. The Kier molecular flexibility index (Phi) is 5.73. The summed E-state index contributed by atoms with van der Waals surface area (Å²) in [5.74, 6) is -2.17. The van der Waals surface area contributed by atoms with Crippen LogP contribution in [0.25, 0.3) is 0 Å². The molecule has 3 amide bonds. The van der Waals surface area contributed by atoms with E-state index in [1.54, 1.807) is 18.2 Å². The van der Waals surface area contributed by atoms with Gasteiger partial charge in [0.1, 0.15) is 0 Å². The summed E-state index contributed by atoms with van der Waals surface area (Å²) in [7, 11) is 0. The number of imide groups is 1. The van der Waals surface area contributed by atoms with Gasteiger partial charge in [0.05, 0.1) is 33.9 Å². The first-order valence-electron chi connectivity index (χ1n) is 10.1. The Balaban J connectivity index is 1.71. The molecule has 2 fully saturated rings. The lowest BCUT2D eigenvalue weighted by Gasteiger charge is -2.31. The zero-order valence-corrected chi connectivity index (χ0v) is 17.3. The van der Waals surface area contributed by atoms with E-state index in [2.05, 4.69) is 0 Å². The molecule has 1 saturated carbocycles. The third kappa shape index (κ3) is 3.90. The predicted octanol–water partition coefficient (Wildman–Crippen LogP) is 3.98.